The lowest BCUT2D eigenvalue weighted by molar-refractivity contribution is -0.150. The van der Waals surface area contributed by atoms with Crippen LogP contribution >= 0.6 is 22.6 Å². The van der Waals surface area contributed by atoms with Gasteiger partial charge in [0.2, 0.25) is 10.0 Å². The number of hydrogen-bond donors (Lipinski definition) is 1. The summed E-state index contributed by atoms with van der Waals surface area (Å²) in [6, 6.07) is 6.39. The molecule has 138 valence electrons. The van der Waals surface area contributed by atoms with E-state index >= 15 is 0 Å². The van der Waals surface area contributed by atoms with Gasteiger partial charge in [-0.1, -0.05) is 13.0 Å². The first-order chi connectivity index (χ1) is 11.8. The van der Waals surface area contributed by atoms with Gasteiger partial charge in [-0.25, -0.2) is 8.42 Å². The van der Waals surface area contributed by atoms with Crippen molar-refractivity contribution in [2.75, 3.05) is 24.2 Å². The number of carbonyl (C=O) groups is 2. The van der Waals surface area contributed by atoms with Crippen LogP contribution in [-0.2, 0) is 24.3 Å². The first-order valence-corrected chi connectivity index (χ1v) is 10.7. The van der Waals surface area contributed by atoms with E-state index in [0.717, 1.165) is 3.57 Å². The highest BCUT2D eigenvalue weighted by Crippen LogP contribution is 2.23. The second-order valence-corrected chi connectivity index (χ2v) is 9.04. The topological polar surface area (TPSA) is 92.8 Å². The van der Waals surface area contributed by atoms with Crippen molar-refractivity contribution in [2.24, 2.45) is 0 Å². The first kappa shape index (κ1) is 20.1. The summed E-state index contributed by atoms with van der Waals surface area (Å²) in [5, 5.41) is 2.64. The number of benzene rings is 1. The van der Waals surface area contributed by atoms with E-state index < -0.39 is 34.5 Å². The first-order valence-electron chi connectivity index (χ1n) is 8.05. The molecular formula is C16H21IN2O5S. The molecule has 0 spiro atoms. The van der Waals surface area contributed by atoms with Gasteiger partial charge in [0, 0.05) is 15.8 Å². The Kier molecular flexibility index (Phi) is 7.20. The van der Waals surface area contributed by atoms with E-state index in [1.54, 1.807) is 25.1 Å². The Morgan fingerprint density at radius 1 is 1.40 bits per heavy atom. The SMILES string of the molecule is CCCS(=O)(=O)N1CCCC1C(=O)OCC(=O)Nc1cccc(I)c1. The number of esters is 1. The molecule has 25 heavy (non-hydrogen) atoms. The van der Waals surface area contributed by atoms with Crippen LogP contribution in [0.25, 0.3) is 0 Å². The average molecular weight is 480 g/mol. The Morgan fingerprint density at radius 3 is 2.84 bits per heavy atom. The molecule has 1 unspecified atom stereocenters. The van der Waals surface area contributed by atoms with E-state index in [1.807, 2.05) is 6.07 Å². The van der Waals surface area contributed by atoms with E-state index in [9.17, 15) is 18.0 Å². The van der Waals surface area contributed by atoms with E-state index in [4.69, 9.17) is 4.74 Å². The quantitative estimate of drug-likeness (QED) is 0.476. The summed E-state index contributed by atoms with van der Waals surface area (Å²) in [6.45, 7) is 1.65. The summed E-state index contributed by atoms with van der Waals surface area (Å²) in [7, 11) is -3.47. The Labute approximate surface area is 161 Å². The molecule has 0 saturated carbocycles. The third-order valence-electron chi connectivity index (χ3n) is 3.75. The van der Waals surface area contributed by atoms with Gasteiger partial charge in [-0.15, -0.1) is 0 Å². The van der Waals surface area contributed by atoms with Crippen molar-refractivity contribution >= 4 is 50.2 Å². The maximum absolute atomic E-state index is 12.2. The van der Waals surface area contributed by atoms with Crippen LogP contribution in [-0.4, -0.2) is 49.5 Å². The number of hydrogen-bond acceptors (Lipinski definition) is 5. The molecule has 1 fully saturated rings. The van der Waals surface area contributed by atoms with Gasteiger partial charge in [0.25, 0.3) is 5.91 Å². The van der Waals surface area contributed by atoms with Gasteiger partial charge in [-0.05, 0) is 60.1 Å². The Morgan fingerprint density at radius 2 is 2.16 bits per heavy atom. The predicted molar refractivity (Wildman–Crippen MR) is 103 cm³/mol. The van der Waals surface area contributed by atoms with E-state index in [2.05, 4.69) is 27.9 Å². The molecule has 1 aromatic rings. The molecule has 1 heterocycles. The molecule has 0 radical (unpaired) electrons. The number of nitrogens with zero attached hydrogens (tertiary/aromatic N) is 1. The number of rotatable bonds is 7. The lowest BCUT2D eigenvalue weighted by Gasteiger charge is -2.22. The standard InChI is InChI=1S/C16H21IN2O5S/c1-2-9-25(22,23)19-8-4-7-14(19)16(21)24-11-15(20)18-13-6-3-5-12(17)10-13/h3,5-6,10,14H,2,4,7-9,11H2,1H3,(H,18,20). The molecule has 1 N–H and O–H groups in total. The second-order valence-electron chi connectivity index (χ2n) is 5.75. The number of sulfonamides is 1. The van der Waals surface area contributed by atoms with Crippen LogP contribution in [0, 0.1) is 3.57 Å². The summed E-state index contributed by atoms with van der Waals surface area (Å²) < 4.78 is 31.6. The van der Waals surface area contributed by atoms with Gasteiger partial charge >= 0.3 is 5.97 Å². The molecular weight excluding hydrogens is 459 g/mol. The highest BCUT2D eigenvalue weighted by molar-refractivity contribution is 14.1. The van der Waals surface area contributed by atoms with E-state index in [-0.39, 0.29) is 5.75 Å². The maximum Gasteiger partial charge on any atom is 0.324 e. The van der Waals surface area contributed by atoms with Crippen LogP contribution in [0.5, 0.6) is 0 Å². The zero-order valence-electron chi connectivity index (χ0n) is 13.9. The summed E-state index contributed by atoms with van der Waals surface area (Å²) in [5.41, 5.74) is 0.612. The minimum Gasteiger partial charge on any atom is -0.454 e. The second kappa shape index (κ2) is 8.95. The summed E-state index contributed by atoms with van der Waals surface area (Å²) >= 11 is 2.13. The van der Waals surface area contributed by atoms with Crippen molar-refractivity contribution in [2.45, 2.75) is 32.2 Å². The number of carbonyl (C=O) groups excluding carboxylic acids is 2. The number of amides is 1. The lowest BCUT2D eigenvalue weighted by atomic mass is 10.2. The molecule has 0 aliphatic carbocycles. The van der Waals surface area contributed by atoms with Crippen LogP contribution in [0.3, 0.4) is 0 Å². The number of ether oxygens (including phenoxy) is 1. The molecule has 0 bridgehead atoms. The van der Waals surface area contributed by atoms with Crippen molar-refractivity contribution in [1.29, 1.82) is 0 Å². The average Bonchev–Trinajstić information content (AvgIpc) is 3.03. The van der Waals surface area contributed by atoms with Crippen molar-refractivity contribution in [1.82, 2.24) is 4.31 Å². The van der Waals surface area contributed by atoms with E-state index in [1.165, 1.54) is 4.31 Å². The normalized spacial score (nSPS) is 18.1. The molecule has 1 atom stereocenters. The fourth-order valence-corrected chi connectivity index (χ4v) is 4.96. The minimum atomic E-state index is -3.47. The third-order valence-corrected chi connectivity index (χ3v) is 6.50. The van der Waals surface area contributed by atoms with Gasteiger partial charge in [0.1, 0.15) is 6.04 Å². The molecule has 1 saturated heterocycles. The zero-order chi connectivity index (χ0) is 18.4. The Hall–Kier alpha value is -1.20. The molecule has 1 amide bonds. The molecule has 2 rings (SSSR count). The molecule has 0 aromatic heterocycles. The number of nitrogens with one attached hydrogen (secondary N) is 1. The smallest absolute Gasteiger partial charge is 0.324 e. The summed E-state index contributed by atoms with van der Waals surface area (Å²) in [4.78, 5) is 24.1. The van der Waals surface area contributed by atoms with Crippen LogP contribution < -0.4 is 5.32 Å². The Bertz CT molecular complexity index is 738. The fraction of sp³-hybridized carbons (Fsp3) is 0.500. The maximum atomic E-state index is 12.2. The fourth-order valence-electron chi connectivity index (χ4n) is 2.68. The van der Waals surface area contributed by atoms with Crippen LogP contribution in [0.15, 0.2) is 24.3 Å². The van der Waals surface area contributed by atoms with Crippen molar-refractivity contribution in [3.63, 3.8) is 0 Å². The lowest BCUT2D eigenvalue weighted by Crippen LogP contribution is -2.43. The van der Waals surface area contributed by atoms with Crippen molar-refractivity contribution in [3.8, 4) is 0 Å². The van der Waals surface area contributed by atoms with Gasteiger partial charge in [-0.3, -0.25) is 9.59 Å². The number of anilines is 1. The zero-order valence-corrected chi connectivity index (χ0v) is 16.9. The van der Waals surface area contributed by atoms with Crippen LogP contribution in [0.4, 0.5) is 5.69 Å². The number of halogens is 1. The van der Waals surface area contributed by atoms with Crippen molar-refractivity contribution < 1.29 is 22.7 Å². The third kappa shape index (κ3) is 5.65. The monoisotopic (exact) mass is 480 g/mol. The van der Waals surface area contributed by atoms with Crippen LogP contribution in [0.2, 0.25) is 0 Å². The van der Waals surface area contributed by atoms with Gasteiger partial charge in [0.15, 0.2) is 6.61 Å². The summed E-state index contributed by atoms with van der Waals surface area (Å²) in [5.74, 6) is -1.13. The van der Waals surface area contributed by atoms with Gasteiger partial charge < -0.3 is 10.1 Å². The molecule has 9 heteroatoms. The predicted octanol–water partition coefficient (Wildman–Crippen LogP) is 1.98. The largest absolute Gasteiger partial charge is 0.454 e. The Balaban J connectivity index is 1.89. The molecule has 7 nitrogen and oxygen atoms in total. The molecule has 1 aromatic carbocycles. The minimum absolute atomic E-state index is 0.00388. The summed E-state index contributed by atoms with van der Waals surface area (Å²) in [6.07, 6.45) is 1.51. The molecule has 1 aliphatic heterocycles. The van der Waals surface area contributed by atoms with E-state index in [0.29, 0.717) is 31.5 Å². The highest BCUT2D eigenvalue weighted by Gasteiger charge is 2.39. The van der Waals surface area contributed by atoms with Gasteiger partial charge in [0.05, 0.1) is 5.75 Å². The highest BCUT2D eigenvalue weighted by atomic mass is 127. The molecule has 1 aliphatic rings. The van der Waals surface area contributed by atoms with Gasteiger partial charge in [-0.2, -0.15) is 4.31 Å². The van der Waals surface area contributed by atoms with Crippen molar-refractivity contribution in [3.05, 3.63) is 27.8 Å². The van der Waals surface area contributed by atoms with Crippen LogP contribution in [0.1, 0.15) is 26.2 Å².